The zero-order valence-corrected chi connectivity index (χ0v) is 16.7. The van der Waals surface area contributed by atoms with Crippen molar-refractivity contribution in [3.8, 4) is 21.1 Å². The number of thiophene rings is 2. The maximum absolute atomic E-state index is 12.3. The number of hydrogen-bond donors (Lipinski definition) is 1. The molecule has 4 nitrogen and oxygen atoms in total. The molecule has 3 aromatic heterocycles. The molecule has 0 bridgehead atoms. The number of nitrogens with zero attached hydrogens (tertiary/aromatic N) is 1. The fraction of sp³-hybridized carbons (Fsp3) is 0.368. The summed E-state index contributed by atoms with van der Waals surface area (Å²) in [7, 11) is 0. The first-order chi connectivity index (χ1) is 12.8. The standard InChI is InChI=1S/C19H20N2O2S3/c22-14(11-13-5-7-23-8-6-13)12-26-19-20-17(15-3-1-9-24-15)18(21-19)16-4-2-10-25-16/h1-4,9-10,13H,5-8,11-12H2,(H,20,21). The Labute approximate surface area is 165 Å². The maximum atomic E-state index is 12.3. The Morgan fingerprint density at radius 3 is 2.62 bits per heavy atom. The van der Waals surface area contributed by atoms with Gasteiger partial charge in [-0.3, -0.25) is 4.79 Å². The van der Waals surface area contributed by atoms with Crippen molar-refractivity contribution in [1.29, 1.82) is 0 Å². The van der Waals surface area contributed by atoms with Crippen LogP contribution in [0.25, 0.3) is 21.1 Å². The SMILES string of the molecule is O=C(CSc1nc(-c2cccs2)c(-c2cccs2)[nH]1)CC1CCOCC1. The predicted molar refractivity (Wildman–Crippen MR) is 109 cm³/mol. The molecule has 3 aromatic rings. The molecule has 0 atom stereocenters. The summed E-state index contributed by atoms with van der Waals surface area (Å²) in [6.07, 6.45) is 2.66. The lowest BCUT2D eigenvalue weighted by Gasteiger charge is -2.20. The number of carbonyl (C=O) groups is 1. The Morgan fingerprint density at radius 2 is 1.92 bits per heavy atom. The molecular formula is C19H20N2O2S3. The molecule has 7 heteroatoms. The number of H-pyrrole nitrogens is 1. The summed E-state index contributed by atoms with van der Waals surface area (Å²) in [4.78, 5) is 22.9. The predicted octanol–water partition coefficient (Wildman–Crippen LogP) is 5.34. The van der Waals surface area contributed by atoms with E-state index in [4.69, 9.17) is 9.72 Å². The largest absolute Gasteiger partial charge is 0.381 e. The van der Waals surface area contributed by atoms with Crippen LogP contribution >= 0.6 is 34.4 Å². The third-order valence-electron chi connectivity index (χ3n) is 4.43. The van der Waals surface area contributed by atoms with Gasteiger partial charge in [0.25, 0.3) is 0 Å². The number of Topliss-reactive ketones (excluding diaryl/α,β-unsaturated/α-hetero) is 1. The molecule has 1 aliphatic rings. The van der Waals surface area contributed by atoms with Crippen molar-refractivity contribution in [2.45, 2.75) is 24.4 Å². The Morgan fingerprint density at radius 1 is 1.19 bits per heavy atom. The number of hydrogen-bond acceptors (Lipinski definition) is 6. The molecule has 26 heavy (non-hydrogen) atoms. The van der Waals surface area contributed by atoms with Gasteiger partial charge in [0, 0.05) is 19.6 Å². The molecule has 0 aromatic carbocycles. The first kappa shape index (κ1) is 18.0. The zero-order valence-electron chi connectivity index (χ0n) is 14.3. The van der Waals surface area contributed by atoms with Crippen LogP contribution in [0.15, 0.2) is 40.2 Å². The molecule has 0 saturated carbocycles. The maximum Gasteiger partial charge on any atom is 0.166 e. The van der Waals surface area contributed by atoms with E-state index in [-0.39, 0.29) is 0 Å². The molecule has 4 heterocycles. The molecule has 0 spiro atoms. The molecule has 1 aliphatic heterocycles. The molecule has 136 valence electrons. The average Bonchev–Trinajstić information content (AvgIpc) is 3.41. The molecule has 1 saturated heterocycles. The Balaban J connectivity index is 1.45. The molecule has 4 rings (SSSR count). The van der Waals surface area contributed by atoms with Crippen LogP contribution in [0.3, 0.4) is 0 Å². The van der Waals surface area contributed by atoms with Crippen molar-refractivity contribution in [3.63, 3.8) is 0 Å². The van der Waals surface area contributed by atoms with Crippen molar-refractivity contribution in [2.24, 2.45) is 5.92 Å². The molecule has 0 amide bonds. The smallest absolute Gasteiger partial charge is 0.166 e. The van der Waals surface area contributed by atoms with Gasteiger partial charge in [-0.05, 0) is 41.7 Å². The number of thioether (sulfide) groups is 1. The van der Waals surface area contributed by atoms with Gasteiger partial charge in [0.2, 0.25) is 0 Å². The van der Waals surface area contributed by atoms with Crippen LogP contribution < -0.4 is 0 Å². The van der Waals surface area contributed by atoms with Crippen LogP contribution in [0.1, 0.15) is 19.3 Å². The van der Waals surface area contributed by atoms with Crippen molar-refractivity contribution in [1.82, 2.24) is 9.97 Å². The van der Waals surface area contributed by atoms with Crippen LogP contribution in [-0.4, -0.2) is 34.7 Å². The van der Waals surface area contributed by atoms with Gasteiger partial charge in [-0.1, -0.05) is 23.9 Å². The number of aromatic nitrogens is 2. The van der Waals surface area contributed by atoms with Crippen molar-refractivity contribution >= 4 is 40.2 Å². The minimum atomic E-state index is 0.300. The number of ether oxygens (including phenoxy) is 1. The highest BCUT2D eigenvalue weighted by Gasteiger charge is 2.19. The third-order valence-corrected chi connectivity index (χ3v) is 7.13. The summed E-state index contributed by atoms with van der Waals surface area (Å²) in [5, 5.41) is 4.95. The lowest BCUT2D eigenvalue weighted by atomic mass is 9.95. The van der Waals surface area contributed by atoms with E-state index in [0.29, 0.717) is 23.9 Å². The first-order valence-electron chi connectivity index (χ1n) is 8.69. The summed E-state index contributed by atoms with van der Waals surface area (Å²) >= 11 is 4.88. The van der Waals surface area contributed by atoms with Gasteiger partial charge < -0.3 is 9.72 Å². The Hall–Kier alpha value is -1.41. The van der Waals surface area contributed by atoms with Gasteiger partial charge in [0.15, 0.2) is 5.16 Å². The van der Waals surface area contributed by atoms with Crippen LogP contribution in [0, 0.1) is 5.92 Å². The number of nitrogens with one attached hydrogen (secondary N) is 1. The van der Waals surface area contributed by atoms with E-state index in [9.17, 15) is 4.79 Å². The zero-order chi connectivity index (χ0) is 17.8. The van der Waals surface area contributed by atoms with E-state index in [1.807, 2.05) is 12.1 Å². The third kappa shape index (κ3) is 4.28. The second-order valence-corrected chi connectivity index (χ2v) is 9.17. The highest BCUT2D eigenvalue weighted by molar-refractivity contribution is 7.99. The Kier molecular flexibility index (Phi) is 5.89. The van der Waals surface area contributed by atoms with Crippen LogP contribution in [-0.2, 0) is 9.53 Å². The van der Waals surface area contributed by atoms with Crippen LogP contribution in [0.2, 0.25) is 0 Å². The summed E-state index contributed by atoms with van der Waals surface area (Å²) in [5.41, 5.74) is 2.02. The number of rotatable bonds is 7. The number of ketones is 1. The summed E-state index contributed by atoms with van der Waals surface area (Å²) in [6, 6.07) is 8.27. The lowest BCUT2D eigenvalue weighted by Crippen LogP contribution is -2.19. The highest BCUT2D eigenvalue weighted by Crippen LogP contribution is 2.36. The second-order valence-electron chi connectivity index (χ2n) is 6.31. The average molecular weight is 405 g/mol. The fourth-order valence-electron chi connectivity index (χ4n) is 3.09. The Bertz CT molecular complexity index is 783. The molecule has 1 N–H and O–H groups in total. The molecule has 1 fully saturated rings. The molecule has 0 radical (unpaired) electrons. The van der Waals surface area contributed by atoms with Gasteiger partial charge in [-0.25, -0.2) is 4.98 Å². The van der Waals surface area contributed by atoms with Crippen molar-refractivity contribution in [2.75, 3.05) is 19.0 Å². The number of carbonyl (C=O) groups excluding carboxylic acids is 1. The summed E-state index contributed by atoms with van der Waals surface area (Å²) in [5.74, 6) is 1.25. The molecule has 0 aliphatic carbocycles. The second kappa shape index (κ2) is 8.52. The highest BCUT2D eigenvalue weighted by atomic mass is 32.2. The van der Waals surface area contributed by atoms with Gasteiger partial charge in [-0.2, -0.15) is 0 Å². The van der Waals surface area contributed by atoms with Gasteiger partial charge >= 0.3 is 0 Å². The monoisotopic (exact) mass is 404 g/mol. The van der Waals surface area contributed by atoms with E-state index in [2.05, 4.69) is 27.9 Å². The number of aromatic amines is 1. The van der Waals surface area contributed by atoms with Gasteiger partial charge in [0.05, 0.1) is 21.2 Å². The summed E-state index contributed by atoms with van der Waals surface area (Å²) in [6.45, 7) is 1.58. The minimum Gasteiger partial charge on any atom is -0.381 e. The van der Waals surface area contributed by atoms with Gasteiger partial charge in [0.1, 0.15) is 11.5 Å². The molecule has 0 unspecified atom stereocenters. The molecular weight excluding hydrogens is 384 g/mol. The first-order valence-corrected chi connectivity index (χ1v) is 11.4. The van der Waals surface area contributed by atoms with Crippen LogP contribution in [0.5, 0.6) is 0 Å². The van der Waals surface area contributed by atoms with Crippen molar-refractivity contribution in [3.05, 3.63) is 35.0 Å². The van der Waals surface area contributed by atoms with Gasteiger partial charge in [-0.15, -0.1) is 22.7 Å². The van der Waals surface area contributed by atoms with Crippen molar-refractivity contribution < 1.29 is 9.53 Å². The quantitative estimate of drug-likeness (QED) is 0.540. The van der Waals surface area contributed by atoms with E-state index in [0.717, 1.165) is 47.5 Å². The summed E-state index contributed by atoms with van der Waals surface area (Å²) < 4.78 is 5.37. The fourth-order valence-corrected chi connectivity index (χ4v) is 5.28. The lowest BCUT2D eigenvalue weighted by molar-refractivity contribution is -0.118. The number of imidazole rings is 1. The van der Waals surface area contributed by atoms with Crippen LogP contribution in [0.4, 0.5) is 0 Å². The normalized spacial score (nSPS) is 15.4. The topological polar surface area (TPSA) is 55.0 Å². The van der Waals surface area contributed by atoms with E-state index in [1.165, 1.54) is 16.6 Å². The minimum absolute atomic E-state index is 0.300. The van der Waals surface area contributed by atoms with E-state index < -0.39 is 0 Å². The van der Waals surface area contributed by atoms with E-state index >= 15 is 0 Å². The van der Waals surface area contributed by atoms with E-state index in [1.54, 1.807) is 22.7 Å².